The van der Waals surface area contributed by atoms with Gasteiger partial charge in [0.05, 0.1) is 25.5 Å². The SMILES string of the molecule is CCOC(=O)C(C(=O)OCC)c1nc(-c2ccccc2)nc2c1CCO2. The Morgan fingerprint density at radius 1 is 1.08 bits per heavy atom. The van der Waals surface area contributed by atoms with Crippen molar-refractivity contribution < 1.29 is 23.8 Å². The van der Waals surface area contributed by atoms with Crippen LogP contribution in [0.5, 0.6) is 5.88 Å². The van der Waals surface area contributed by atoms with Crippen molar-refractivity contribution in [2.45, 2.75) is 26.2 Å². The van der Waals surface area contributed by atoms with Crippen molar-refractivity contribution >= 4 is 11.9 Å². The molecule has 0 fully saturated rings. The third kappa shape index (κ3) is 3.51. The molecule has 0 bridgehead atoms. The van der Waals surface area contributed by atoms with E-state index in [0.29, 0.717) is 36.0 Å². The Kier molecular flexibility index (Phi) is 5.46. The largest absolute Gasteiger partial charge is 0.477 e. The molecule has 0 aliphatic carbocycles. The van der Waals surface area contributed by atoms with Crippen LogP contribution in [-0.2, 0) is 25.5 Å². The van der Waals surface area contributed by atoms with Crippen LogP contribution >= 0.6 is 0 Å². The zero-order valence-electron chi connectivity index (χ0n) is 14.7. The molecule has 0 spiro atoms. The Morgan fingerprint density at radius 2 is 1.73 bits per heavy atom. The van der Waals surface area contributed by atoms with E-state index in [1.54, 1.807) is 13.8 Å². The molecule has 3 rings (SSSR count). The zero-order chi connectivity index (χ0) is 18.5. The molecule has 0 amide bonds. The maximum Gasteiger partial charge on any atom is 0.326 e. The van der Waals surface area contributed by atoms with Gasteiger partial charge in [0.1, 0.15) is 0 Å². The lowest BCUT2D eigenvalue weighted by Crippen LogP contribution is -2.28. The first kappa shape index (κ1) is 17.8. The molecular formula is C19H20N2O5. The Balaban J connectivity index is 2.12. The van der Waals surface area contributed by atoms with Crippen LogP contribution in [0.15, 0.2) is 30.3 Å². The predicted molar refractivity (Wildman–Crippen MR) is 92.7 cm³/mol. The standard InChI is InChI=1S/C19H20N2O5/c1-3-24-18(22)14(19(23)25-4-2)15-13-10-11-26-17(13)21-16(20-15)12-8-6-5-7-9-12/h5-9,14H,3-4,10-11H2,1-2H3. The van der Waals surface area contributed by atoms with E-state index < -0.39 is 17.9 Å². The fourth-order valence-corrected chi connectivity index (χ4v) is 2.81. The number of rotatable bonds is 6. The normalized spacial score (nSPS) is 12.4. The minimum absolute atomic E-state index is 0.157. The van der Waals surface area contributed by atoms with Gasteiger partial charge in [0.2, 0.25) is 5.88 Å². The molecule has 2 aromatic rings. The molecule has 1 aliphatic rings. The van der Waals surface area contributed by atoms with E-state index >= 15 is 0 Å². The van der Waals surface area contributed by atoms with Gasteiger partial charge in [0, 0.05) is 17.5 Å². The molecule has 1 aliphatic heterocycles. The highest BCUT2D eigenvalue weighted by atomic mass is 16.6. The van der Waals surface area contributed by atoms with Crippen molar-refractivity contribution in [3.05, 3.63) is 41.6 Å². The molecule has 26 heavy (non-hydrogen) atoms. The molecule has 7 nitrogen and oxygen atoms in total. The monoisotopic (exact) mass is 356 g/mol. The van der Waals surface area contributed by atoms with E-state index in [-0.39, 0.29) is 13.2 Å². The maximum absolute atomic E-state index is 12.5. The molecule has 1 aromatic heterocycles. The number of esters is 2. The topological polar surface area (TPSA) is 87.6 Å². The Morgan fingerprint density at radius 3 is 2.35 bits per heavy atom. The van der Waals surface area contributed by atoms with Crippen LogP contribution in [0.1, 0.15) is 31.0 Å². The number of aromatic nitrogens is 2. The summed E-state index contributed by atoms with van der Waals surface area (Å²) in [5, 5.41) is 0. The van der Waals surface area contributed by atoms with Crippen LogP contribution in [0.25, 0.3) is 11.4 Å². The van der Waals surface area contributed by atoms with Crippen LogP contribution in [0, 0.1) is 0 Å². The summed E-state index contributed by atoms with van der Waals surface area (Å²) < 4.78 is 15.8. The van der Waals surface area contributed by atoms with Gasteiger partial charge in [-0.15, -0.1) is 0 Å². The van der Waals surface area contributed by atoms with Gasteiger partial charge in [-0.05, 0) is 13.8 Å². The first-order chi connectivity index (χ1) is 12.7. The Labute approximate surface area is 151 Å². The Hall–Kier alpha value is -2.96. The summed E-state index contributed by atoms with van der Waals surface area (Å²) in [5.41, 5.74) is 1.71. The molecule has 0 saturated heterocycles. The van der Waals surface area contributed by atoms with E-state index in [9.17, 15) is 9.59 Å². The fourth-order valence-electron chi connectivity index (χ4n) is 2.81. The van der Waals surface area contributed by atoms with E-state index in [1.807, 2.05) is 30.3 Å². The number of nitrogens with zero attached hydrogens (tertiary/aromatic N) is 2. The summed E-state index contributed by atoms with van der Waals surface area (Å²) in [5.74, 6) is -1.83. The molecule has 136 valence electrons. The lowest BCUT2D eigenvalue weighted by atomic mass is 9.99. The number of hydrogen-bond acceptors (Lipinski definition) is 7. The number of carbonyl (C=O) groups excluding carboxylic acids is 2. The van der Waals surface area contributed by atoms with Crippen molar-refractivity contribution in [2.75, 3.05) is 19.8 Å². The second-order valence-corrected chi connectivity index (χ2v) is 5.62. The van der Waals surface area contributed by atoms with E-state index in [0.717, 1.165) is 5.56 Å². The second kappa shape index (κ2) is 7.95. The van der Waals surface area contributed by atoms with Crippen LogP contribution in [0.3, 0.4) is 0 Å². The lowest BCUT2D eigenvalue weighted by Gasteiger charge is -2.17. The van der Waals surface area contributed by atoms with Crippen LogP contribution < -0.4 is 4.74 Å². The molecular weight excluding hydrogens is 336 g/mol. The van der Waals surface area contributed by atoms with Crippen molar-refractivity contribution in [3.63, 3.8) is 0 Å². The summed E-state index contributed by atoms with van der Waals surface area (Å²) in [4.78, 5) is 33.9. The summed E-state index contributed by atoms with van der Waals surface area (Å²) in [6.45, 7) is 4.10. The summed E-state index contributed by atoms with van der Waals surface area (Å²) >= 11 is 0. The number of fused-ring (bicyclic) bond motifs is 1. The van der Waals surface area contributed by atoms with Crippen LogP contribution in [-0.4, -0.2) is 41.7 Å². The zero-order valence-corrected chi connectivity index (χ0v) is 14.7. The van der Waals surface area contributed by atoms with Crippen LogP contribution in [0.4, 0.5) is 0 Å². The summed E-state index contributed by atoms with van der Waals surface area (Å²) in [7, 11) is 0. The van der Waals surface area contributed by atoms with E-state index in [2.05, 4.69) is 9.97 Å². The third-order valence-electron chi connectivity index (χ3n) is 3.94. The highest BCUT2D eigenvalue weighted by Gasteiger charge is 2.38. The van der Waals surface area contributed by atoms with Crippen molar-refractivity contribution in [1.82, 2.24) is 9.97 Å². The number of ether oxygens (including phenoxy) is 3. The molecule has 0 radical (unpaired) electrons. The van der Waals surface area contributed by atoms with Gasteiger partial charge in [-0.25, -0.2) is 4.98 Å². The van der Waals surface area contributed by atoms with Crippen molar-refractivity contribution in [2.24, 2.45) is 0 Å². The number of carbonyl (C=O) groups is 2. The highest BCUT2D eigenvalue weighted by Crippen LogP contribution is 2.33. The highest BCUT2D eigenvalue weighted by molar-refractivity contribution is 6.01. The minimum atomic E-state index is -1.25. The van der Waals surface area contributed by atoms with Gasteiger partial charge in [-0.1, -0.05) is 30.3 Å². The van der Waals surface area contributed by atoms with Crippen molar-refractivity contribution in [1.29, 1.82) is 0 Å². The smallest absolute Gasteiger partial charge is 0.326 e. The summed E-state index contributed by atoms with van der Waals surface area (Å²) in [6, 6.07) is 9.31. The third-order valence-corrected chi connectivity index (χ3v) is 3.94. The maximum atomic E-state index is 12.5. The lowest BCUT2D eigenvalue weighted by molar-refractivity contribution is -0.157. The molecule has 0 atom stereocenters. The van der Waals surface area contributed by atoms with E-state index in [4.69, 9.17) is 14.2 Å². The molecule has 0 unspecified atom stereocenters. The fraction of sp³-hybridized carbons (Fsp3) is 0.368. The molecule has 2 heterocycles. The number of benzene rings is 1. The van der Waals surface area contributed by atoms with Crippen LogP contribution in [0.2, 0.25) is 0 Å². The van der Waals surface area contributed by atoms with Gasteiger partial charge in [-0.3, -0.25) is 9.59 Å². The van der Waals surface area contributed by atoms with Gasteiger partial charge < -0.3 is 14.2 Å². The average Bonchev–Trinajstić information content (AvgIpc) is 3.12. The first-order valence-electron chi connectivity index (χ1n) is 8.58. The molecule has 0 N–H and O–H groups in total. The average molecular weight is 356 g/mol. The van der Waals surface area contributed by atoms with E-state index in [1.165, 1.54) is 0 Å². The van der Waals surface area contributed by atoms with Gasteiger partial charge in [0.25, 0.3) is 0 Å². The predicted octanol–water partition coefficient (Wildman–Crippen LogP) is 2.29. The molecule has 1 aromatic carbocycles. The van der Waals surface area contributed by atoms with Crippen molar-refractivity contribution in [3.8, 4) is 17.3 Å². The first-order valence-corrected chi connectivity index (χ1v) is 8.58. The molecule has 7 heteroatoms. The van der Waals surface area contributed by atoms with Gasteiger partial charge >= 0.3 is 11.9 Å². The Bertz CT molecular complexity index is 789. The minimum Gasteiger partial charge on any atom is -0.477 e. The second-order valence-electron chi connectivity index (χ2n) is 5.62. The van der Waals surface area contributed by atoms with Gasteiger partial charge in [-0.2, -0.15) is 4.98 Å². The van der Waals surface area contributed by atoms with Gasteiger partial charge in [0.15, 0.2) is 11.7 Å². The molecule has 0 saturated carbocycles. The number of hydrogen-bond donors (Lipinski definition) is 0. The summed E-state index contributed by atoms with van der Waals surface area (Å²) in [6.07, 6.45) is 0.523. The quantitative estimate of drug-likeness (QED) is 0.579.